The van der Waals surface area contributed by atoms with Crippen LogP contribution in [0.4, 0.5) is 5.69 Å². The standard InChI is InChI=1S/C20H24N4O2S/c1-6-16(18(25)21-15-10-8-7-9-14(15)11(2)3)24-20(26)17-12(4)13(5)27-19(17)22-23-24/h7-11,16H,6H2,1-5H3,(H,21,25). The van der Waals surface area contributed by atoms with Crippen molar-refractivity contribution >= 4 is 33.1 Å². The number of nitrogens with one attached hydrogen (secondary N) is 1. The first kappa shape index (κ1) is 19.2. The number of nitrogens with zero attached hydrogens (tertiary/aromatic N) is 3. The molecule has 0 bridgehead atoms. The van der Waals surface area contributed by atoms with Gasteiger partial charge in [0.15, 0.2) is 4.83 Å². The molecule has 0 spiro atoms. The zero-order valence-corrected chi connectivity index (χ0v) is 17.1. The van der Waals surface area contributed by atoms with Gasteiger partial charge >= 0.3 is 0 Å². The molecule has 1 atom stereocenters. The van der Waals surface area contributed by atoms with Gasteiger partial charge in [-0.2, -0.15) is 4.68 Å². The summed E-state index contributed by atoms with van der Waals surface area (Å²) >= 11 is 1.45. The van der Waals surface area contributed by atoms with Crippen LogP contribution in [0.25, 0.3) is 10.2 Å². The number of hydrogen-bond acceptors (Lipinski definition) is 5. The fourth-order valence-corrected chi connectivity index (χ4v) is 4.14. The lowest BCUT2D eigenvalue weighted by atomic mass is 10.0. The Balaban J connectivity index is 1.99. The van der Waals surface area contributed by atoms with Gasteiger partial charge < -0.3 is 5.32 Å². The number of aryl methyl sites for hydroxylation is 2. The molecule has 1 aromatic carbocycles. The Morgan fingerprint density at radius 3 is 2.63 bits per heavy atom. The zero-order valence-electron chi connectivity index (χ0n) is 16.2. The largest absolute Gasteiger partial charge is 0.324 e. The molecule has 2 aromatic heterocycles. The van der Waals surface area contributed by atoms with E-state index in [1.54, 1.807) is 0 Å². The molecule has 0 aliphatic carbocycles. The molecule has 0 fully saturated rings. The molecule has 1 amide bonds. The van der Waals surface area contributed by atoms with Gasteiger partial charge in [0, 0.05) is 10.6 Å². The number of anilines is 1. The minimum absolute atomic E-state index is 0.258. The SMILES string of the molecule is CCC(C(=O)Nc1ccccc1C(C)C)n1nnc2sc(C)c(C)c2c1=O. The number of fused-ring (bicyclic) bond motifs is 1. The third kappa shape index (κ3) is 3.51. The molecule has 3 rings (SSSR count). The smallest absolute Gasteiger partial charge is 0.279 e. The summed E-state index contributed by atoms with van der Waals surface area (Å²) < 4.78 is 1.22. The van der Waals surface area contributed by atoms with E-state index in [2.05, 4.69) is 29.5 Å². The summed E-state index contributed by atoms with van der Waals surface area (Å²) in [6.07, 6.45) is 0.442. The maximum absolute atomic E-state index is 13.0. The molecule has 7 heteroatoms. The van der Waals surface area contributed by atoms with E-state index in [1.165, 1.54) is 16.0 Å². The van der Waals surface area contributed by atoms with Crippen molar-refractivity contribution in [3.05, 3.63) is 50.6 Å². The normalized spacial score (nSPS) is 12.5. The maximum atomic E-state index is 13.0. The first-order valence-corrected chi connectivity index (χ1v) is 9.91. The molecule has 0 radical (unpaired) electrons. The molecule has 1 N–H and O–H groups in total. The summed E-state index contributed by atoms with van der Waals surface area (Å²) in [7, 11) is 0. The predicted molar refractivity (Wildman–Crippen MR) is 110 cm³/mol. The van der Waals surface area contributed by atoms with Crippen LogP contribution in [0.2, 0.25) is 0 Å². The lowest BCUT2D eigenvalue weighted by molar-refractivity contribution is -0.119. The highest BCUT2D eigenvalue weighted by molar-refractivity contribution is 7.18. The number of rotatable bonds is 5. The van der Waals surface area contributed by atoms with Crippen molar-refractivity contribution in [1.29, 1.82) is 0 Å². The van der Waals surface area contributed by atoms with Gasteiger partial charge in [0.1, 0.15) is 6.04 Å². The molecule has 27 heavy (non-hydrogen) atoms. The molecule has 0 saturated carbocycles. The zero-order chi connectivity index (χ0) is 19.7. The number of hydrogen-bond donors (Lipinski definition) is 1. The van der Waals surface area contributed by atoms with E-state index >= 15 is 0 Å². The van der Waals surface area contributed by atoms with Gasteiger partial charge in [-0.25, -0.2) is 0 Å². The Bertz CT molecular complexity index is 1050. The minimum Gasteiger partial charge on any atom is -0.324 e. The Kier molecular flexibility index (Phi) is 5.41. The average Bonchev–Trinajstić information content (AvgIpc) is 2.92. The summed E-state index contributed by atoms with van der Waals surface area (Å²) in [6.45, 7) is 9.88. The molecule has 1 unspecified atom stereocenters. The summed E-state index contributed by atoms with van der Waals surface area (Å²) in [5, 5.41) is 11.8. The number of benzene rings is 1. The van der Waals surface area contributed by atoms with Crippen molar-refractivity contribution in [3.63, 3.8) is 0 Å². The fourth-order valence-electron chi connectivity index (χ4n) is 3.18. The van der Waals surface area contributed by atoms with E-state index in [0.717, 1.165) is 21.7 Å². The summed E-state index contributed by atoms with van der Waals surface area (Å²) in [5.41, 5.74) is 2.46. The fraction of sp³-hybridized carbons (Fsp3) is 0.400. The molecule has 2 heterocycles. The van der Waals surface area contributed by atoms with Gasteiger partial charge in [-0.05, 0) is 43.4 Å². The van der Waals surface area contributed by atoms with Crippen molar-refractivity contribution in [3.8, 4) is 0 Å². The van der Waals surface area contributed by atoms with Crippen molar-refractivity contribution < 1.29 is 4.79 Å². The van der Waals surface area contributed by atoms with Crippen molar-refractivity contribution in [2.24, 2.45) is 0 Å². The maximum Gasteiger partial charge on any atom is 0.279 e. The third-order valence-corrected chi connectivity index (χ3v) is 5.94. The molecule has 142 valence electrons. The Labute approximate surface area is 162 Å². The second-order valence-corrected chi connectivity index (χ2v) is 8.16. The molecule has 0 saturated heterocycles. The molecule has 0 aliphatic heterocycles. The van der Waals surface area contributed by atoms with Gasteiger partial charge in [0.25, 0.3) is 5.56 Å². The third-order valence-electron chi connectivity index (χ3n) is 4.85. The van der Waals surface area contributed by atoms with Crippen molar-refractivity contribution in [2.75, 3.05) is 5.32 Å². The van der Waals surface area contributed by atoms with Crippen LogP contribution in [-0.4, -0.2) is 20.9 Å². The first-order chi connectivity index (χ1) is 12.8. The Morgan fingerprint density at radius 2 is 1.96 bits per heavy atom. The summed E-state index contributed by atoms with van der Waals surface area (Å²) in [6, 6.07) is 7.00. The van der Waals surface area contributed by atoms with Crippen LogP contribution in [0.3, 0.4) is 0 Å². The van der Waals surface area contributed by atoms with Crippen LogP contribution < -0.4 is 10.9 Å². The van der Waals surface area contributed by atoms with Crippen LogP contribution in [-0.2, 0) is 4.79 Å². The number of carbonyl (C=O) groups is 1. The van der Waals surface area contributed by atoms with E-state index in [9.17, 15) is 9.59 Å². The van der Waals surface area contributed by atoms with E-state index < -0.39 is 6.04 Å². The predicted octanol–water partition coefficient (Wildman–Crippen LogP) is 4.18. The van der Waals surface area contributed by atoms with Crippen molar-refractivity contribution in [2.45, 2.75) is 53.0 Å². The molecule has 6 nitrogen and oxygen atoms in total. The molecular formula is C20H24N4O2S. The van der Waals surface area contributed by atoms with E-state index in [4.69, 9.17) is 0 Å². The van der Waals surface area contributed by atoms with Crippen LogP contribution in [0.15, 0.2) is 29.1 Å². The molecular weight excluding hydrogens is 360 g/mol. The van der Waals surface area contributed by atoms with Gasteiger partial charge in [0.2, 0.25) is 5.91 Å². The van der Waals surface area contributed by atoms with Crippen LogP contribution in [0.1, 0.15) is 55.2 Å². The summed E-state index contributed by atoms with van der Waals surface area (Å²) in [4.78, 5) is 27.6. The lowest BCUT2D eigenvalue weighted by Gasteiger charge is -2.18. The van der Waals surface area contributed by atoms with Gasteiger partial charge in [-0.1, -0.05) is 44.2 Å². The minimum atomic E-state index is -0.714. The second-order valence-electron chi connectivity index (χ2n) is 6.96. The Hall–Kier alpha value is -2.54. The highest BCUT2D eigenvalue weighted by Crippen LogP contribution is 2.27. The lowest BCUT2D eigenvalue weighted by Crippen LogP contribution is -2.35. The topological polar surface area (TPSA) is 76.9 Å². The van der Waals surface area contributed by atoms with Crippen molar-refractivity contribution in [1.82, 2.24) is 15.0 Å². The van der Waals surface area contributed by atoms with Gasteiger partial charge in [-0.3, -0.25) is 9.59 Å². The van der Waals surface area contributed by atoms with Gasteiger partial charge in [0.05, 0.1) is 5.39 Å². The Morgan fingerprint density at radius 1 is 1.26 bits per heavy atom. The monoisotopic (exact) mass is 384 g/mol. The first-order valence-electron chi connectivity index (χ1n) is 9.10. The molecule has 0 aliphatic rings. The molecule has 3 aromatic rings. The number of carbonyl (C=O) groups excluding carboxylic acids is 1. The summed E-state index contributed by atoms with van der Waals surface area (Å²) in [5.74, 6) is 0.0165. The number of aromatic nitrogens is 3. The van der Waals surface area contributed by atoms with E-state index in [-0.39, 0.29) is 17.4 Å². The second kappa shape index (κ2) is 7.60. The number of amides is 1. The van der Waals surface area contributed by atoms with Crippen LogP contribution in [0, 0.1) is 13.8 Å². The van der Waals surface area contributed by atoms with Crippen LogP contribution in [0.5, 0.6) is 0 Å². The van der Waals surface area contributed by atoms with E-state index in [1.807, 2.05) is 45.0 Å². The van der Waals surface area contributed by atoms with Gasteiger partial charge in [-0.15, -0.1) is 16.4 Å². The number of thiophene rings is 1. The van der Waals surface area contributed by atoms with E-state index in [0.29, 0.717) is 16.6 Å². The number of para-hydroxylation sites is 1. The quantitative estimate of drug-likeness (QED) is 0.716. The highest BCUT2D eigenvalue weighted by atomic mass is 32.1. The highest BCUT2D eigenvalue weighted by Gasteiger charge is 2.24. The van der Waals surface area contributed by atoms with Crippen LogP contribution >= 0.6 is 11.3 Å². The average molecular weight is 385 g/mol.